The second kappa shape index (κ2) is 4.47. The molecule has 5 nitrogen and oxygen atoms in total. The number of nitrogens with two attached hydrogens (primary N) is 1. The van der Waals surface area contributed by atoms with Crippen LogP contribution in [0.15, 0.2) is 12.1 Å². The Morgan fingerprint density at radius 1 is 1.10 bits per heavy atom. The topological polar surface area (TPSA) is 69.6 Å². The molecule has 0 aliphatic heterocycles. The zero-order chi connectivity index (χ0) is 14.6. The van der Waals surface area contributed by atoms with Crippen LogP contribution in [-0.2, 0) is 0 Å². The molecule has 1 aromatic heterocycles. The summed E-state index contributed by atoms with van der Waals surface area (Å²) in [6.45, 7) is 0. The van der Waals surface area contributed by atoms with E-state index >= 15 is 0 Å². The molecule has 0 unspecified atom stereocenters. The van der Waals surface area contributed by atoms with Gasteiger partial charge in [0, 0.05) is 6.07 Å². The number of halogens is 2. The number of nitrogen functional groups attached to an aromatic ring is 1. The summed E-state index contributed by atoms with van der Waals surface area (Å²) in [6, 6.07) is 2.28. The summed E-state index contributed by atoms with van der Waals surface area (Å²) in [4.78, 5) is 0. The minimum absolute atomic E-state index is 0.102. The van der Waals surface area contributed by atoms with E-state index in [9.17, 15) is 8.78 Å². The molecule has 0 atom stereocenters. The van der Waals surface area contributed by atoms with E-state index < -0.39 is 11.6 Å². The van der Waals surface area contributed by atoms with Crippen molar-refractivity contribution in [3.05, 3.63) is 23.8 Å². The third-order valence-electron chi connectivity index (χ3n) is 4.31. The maximum absolute atomic E-state index is 14.1. The fourth-order valence-electron chi connectivity index (χ4n) is 2.97. The van der Waals surface area contributed by atoms with Gasteiger partial charge in [0.15, 0.2) is 5.82 Å². The lowest BCUT2D eigenvalue weighted by Crippen LogP contribution is -2.17. The van der Waals surface area contributed by atoms with E-state index in [0.29, 0.717) is 17.7 Å². The second-order valence-corrected chi connectivity index (χ2v) is 5.97. The van der Waals surface area contributed by atoms with Gasteiger partial charge in [-0.2, -0.15) is 0 Å². The number of tetrazole rings is 1. The second-order valence-electron chi connectivity index (χ2n) is 5.97. The number of anilines is 1. The van der Waals surface area contributed by atoms with Gasteiger partial charge < -0.3 is 5.73 Å². The summed E-state index contributed by atoms with van der Waals surface area (Å²) >= 11 is 0. The molecular formula is C14H15F2N5. The molecule has 1 aromatic carbocycles. The van der Waals surface area contributed by atoms with Crippen LogP contribution in [0.4, 0.5) is 14.5 Å². The minimum Gasteiger partial charge on any atom is -0.396 e. The molecule has 0 spiro atoms. The van der Waals surface area contributed by atoms with Gasteiger partial charge in [0.2, 0.25) is 0 Å². The summed E-state index contributed by atoms with van der Waals surface area (Å²) < 4.78 is 29.1. The third kappa shape index (κ3) is 2.16. The summed E-state index contributed by atoms with van der Waals surface area (Å²) in [5.41, 5.74) is 5.60. The van der Waals surface area contributed by atoms with E-state index in [1.807, 2.05) is 0 Å². The summed E-state index contributed by atoms with van der Waals surface area (Å²) in [7, 11) is 0. The number of hydrogen-bond donors (Lipinski definition) is 1. The lowest BCUT2D eigenvalue weighted by Gasteiger charge is -2.17. The van der Waals surface area contributed by atoms with E-state index in [1.165, 1.54) is 6.07 Å². The van der Waals surface area contributed by atoms with Crippen LogP contribution in [0.1, 0.15) is 31.7 Å². The van der Waals surface area contributed by atoms with Gasteiger partial charge in [-0.3, -0.25) is 0 Å². The van der Waals surface area contributed by atoms with Gasteiger partial charge in [0.05, 0.1) is 17.3 Å². The van der Waals surface area contributed by atoms with Crippen molar-refractivity contribution in [1.29, 1.82) is 0 Å². The molecule has 4 rings (SSSR count). The smallest absolute Gasteiger partial charge is 0.185 e. The van der Waals surface area contributed by atoms with E-state index in [1.54, 1.807) is 4.68 Å². The first kappa shape index (κ1) is 12.7. The van der Waals surface area contributed by atoms with Gasteiger partial charge in [-0.25, -0.2) is 13.5 Å². The summed E-state index contributed by atoms with van der Waals surface area (Å²) in [5, 5.41) is 11.7. The molecule has 110 valence electrons. The van der Waals surface area contributed by atoms with Crippen LogP contribution in [0, 0.1) is 23.5 Å². The molecular weight excluding hydrogens is 276 g/mol. The number of aromatic nitrogens is 4. The average molecular weight is 291 g/mol. The molecule has 0 radical (unpaired) electrons. The maximum atomic E-state index is 14.1. The predicted octanol–water partition coefficient (Wildman–Crippen LogP) is 2.56. The third-order valence-corrected chi connectivity index (χ3v) is 4.31. The quantitative estimate of drug-likeness (QED) is 0.879. The average Bonchev–Trinajstić information content (AvgIpc) is 3.35. The molecule has 0 saturated heterocycles. The Labute approximate surface area is 120 Å². The van der Waals surface area contributed by atoms with Crippen LogP contribution in [0.3, 0.4) is 0 Å². The molecule has 2 saturated carbocycles. The first-order valence-corrected chi connectivity index (χ1v) is 7.18. The lowest BCUT2D eigenvalue weighted by molar-refractivity contribution is 0.356. The standard InChI is InChI=1S/C14H15F2N5/c15-10-6-11(16)12(17)5-9(10)14-18-19-20-21(14)13(7-1-2-7)8-3-4-8/h5-8,13H,1-4,17H2. The lowest BCUT2D eigenvalue weighted by atomic mass is 10.1. The Morgan fingerprint density at radius 2 is 1.76 bits per heavy atom. The molecule has 2 aromatic rings. The van der Waals surface area contributed by atoms with Crippen LogP contribution in [0.5, 0.6) is 0 Å². The fraction of sp³-hybridized carbons (Fsp3) is 0.500. The Balaban J connectivity index is 1.79. The van der Waals surface area contributed by atoms with E-state index in [2.05, 4.69) is 15.5 Å². The van der Waals surface area contributed by atoms with Crippen molar-refractivity contribution in [2.24, 2.45) is 11.8 Å². The SMILES string of the molecule is Nc1cc(-c2nnnn2C(C2CC2)C2CC2)c(F)cc1F. The van der Waals surface area contributed by atoms with Gasteiger partial charge >= 0.3 is 0 Å². The Morgan fingerprint density at radius 3 is 2.38 bits per heavy atom. The maximum Gasteiger partial charge on any atom is 0.185 e. The normalized spacial score (nSPS) is 18.4. The van der Waals surface area contributed by atoms with Gasteiger partial charge in [-0.15, -0.1) is 5.10 Å². The van der Waals surface area contributed by atoms with Gasteiger partial charge in [0.1, 0.15) is 11.6 Å². The van der Waals surface area contributed by atoms with Crippen LogP contribution < -0.4 is 5.73 Å². The van der Waals surface area contributed by atoms with E-state index in [-0.39, 0.29) is 17.3 Å². The molecule has 7 heteroatoms. The van der Waals surface area contributed by atoms with E-state index in [0.717, 1.165) is 31.7 Å². The molecule has 21 heavy (non-hydrogen) atoms. The van der Waals surface area contributed by atoms with Gasteiger partial charge in [-0.05, 0) is 54.0 Å². The highest BCUT2D eigenvalue weighted by molar-refractivity contribution is 5.62. The fourth-order valence-corrected chi connectivity index (χ4v) is 2.97. The first-order chi connectivity index (χ1) is 10.1. The predicted molar refractivity (Wildman–Crippen MR) is 72.1 cm³/mol. The number of benzene rings is 1. The highest BCUT2D eigenvalue weighted by atomic mass is 19.1. The molecule has 2 N–H and O–H groups in total. The van der Waals surface area contributed by atoms with Crippen LogP contribution in [0.25, 0.3) is 11.4 Å². The van der Waals surface area contributed by atoms with Crippen molar-refractivity contribution in [2.45, 2.75) is 31.7 Å². The molecule has 0 bridgehead atoms. The van der Waals surface area contributed by atoms with Crippen molar-refractivity contribution in [3.8, 4) is 11.4 Å². The van der Waals surface area contributed by atoms with Crippen LogP contribution in [-0.4, -0.2) is 20.2 Å². The largest absolute Gasteiger partial charge is 0.396 e. The van der Waals surface area contributed by atoms with Gasteiger partial charge in [0.25, 0.3) is 0 Å². The molecule has 0 amide bonds. The molecule has 2 aliphatic rings. The van der Waals surface area contributed by atoms with Crippen molar-refractivity contribution in [2.75, 3.05) is 5.73 Å². The minimum atomic E-state index is -0.767. The Kier molecular flexibility index (Phi) is 2.70. The molecule has 2 aliphatic carbocycles. The Hall–Kier alpha value is -2.05. The number of nitrogens with zero attached hydrogens (tertiary/aromatic N) is 4. The number of rotatable bonds is 4. The highest BCUT2D eigenvalue weighted by Crippen LogP contribution is 2.52. The van der Waals surface area contributed by atoms with Crippen molar-refractivity contribution < 1.29 is 8.78 Å². The van der Waals surface area contributed by atoms with Crippen molar-refractivity contribution >= 4 is 5.69 Å². The van der Waals surface area contributed by atoms with Crippen LogP contribution in [0.2, 0.25) is 0 Å². The first-order valence-electron chi connectivity index (χ1n) is 7.18. The van der Waals surface area contributed by atoms with E-state index in [4.69, 9.17) is 5.73 Å². The highest BCUT2D eigenvalue weighted by Gasteiger charge is 2.44. The summed E-state index contributed by atoms with van der Waals surface area (Å²) in [6.07, 6.45) is 4.64. The van der Waals surface area contributed by atoms with Gasteiger partial charge in [-0.1, -0.05) is 0 Å². The number of hydrogen-bond acceptors (Lipinski definition) is 4. The monoisotopic (exact) mass is 291 g/mol. The van der Waals surface area contributed by atoms with Crippen LogP contribution >= 0.6 is 0 Å². The zero-order valence-electron chi connectivity index (χ0n) is 11.3. The van der Waals surface area contributed by atoms with Crippen molar-refractivity contribution in [1.82, 2.24) is 20.2 Å². The Bertz CT molecular complexity index is 679. The molecule has 1 heterocycles. The summed E-state index contributed by atoms with van der Waals surface area (Å²) in [5.74, 6) is 0.0171. The molecule has 2 fully saturated rings. The zero-order valence-corrected chi connectivity index (χ0v) is 11.3. The van der Waals surface area contributed by atoms with Crippen molar-refractivity contribution in [3.63, 3.8) is 0 Å².